The Morgan fingerprint density at radius 3 is 2.87 bits per heavy atom. The van der Waals surface area contributed by atoms with Crippen molar-refractivity contribution in [3.63, 3.8) is 0 Å². The summed E-state index contributed by atoms with van der Waals surface area (Å²) in [7, 11) is 0. The van der Waals surface area contributed by atoms with E-state index in [2.05, 4.69) is 4.98 Å². The van der Waals surface area contributed by atoms with E-state index >= 15 is 0 Å². The third-order valence-corrected chi connectivity index (χ3v) is 1.93. The molecule has 0 atom stereocenters. The number of carboxylic acids is 1. The number of hydrogen-bond donors (Lipinski definition) is 1. The monoisotopic (exact) mass is 215 g/mol. The first-order chi connectivity index (χ1) is 7.09. The number of carbonyl (C=O) groups is 1. The molecule has 0 aromatic carbocycles. The van der Waals surface area contributed by atoms with Crippen LogP contribution in [0, 0.1) is 0 Å². The van der Waals surface area contributed by atoms with Gasteiger partial charge in [0.25, 0.3) is 0 Å². The SMILES string of the molecule is O=C(O)c1cc(CCCC(F)F)ccn1. The van der Waals surface area contributed by atoms with Gasteiger partial charge in [0.15, 0.2) is 0 Å². The Morgan fingerprint density at radius 2 is 2.27 bits per heavy atom. The molecular weight excluding hydrogens is 204 g/mol. The van der Waals surface area contributed by atoms with Crippen LogP contribution in [0.25, 0.3) is 0 Å². The van der Waals surface area contributed by atoms with E-state index in [1.54, 1.807) is 6.07 Å². The average Bonchev–Trinajstić information content (AvgIpc) is 2.17. The number of halogens is 2. The molecule has 0 aliphatic carbocycles. The molecule has 0 fully saturated rings. The first-order valence-corrected chi connectivity index (χ1v) is 4.56. The van der Waals surface area contributed by atoms with Crippen LogP contribution in [0.5, 0.6) is 0 Å². The molecule has 0 aliphatic rings. The van der Waals surface area contributed by atoms with E-state index in [-0.39, 0.29) is 12.1 Å². The minimum absolute atomic E-state index is 0.0513. The summed E-state index contributed by atoms with van der Waals surface area (Å²) >= 11 is 0. The van der Waals surface area contributed by atoms with Gasteiger partial charge in [0, 0.05) is 12.6 Å². The fraction of sp³-hybridized carbons (Fsp3) is 0.400. The average molecular weight is 215 g/mol. The van der Waals surface area contributed by atoms with Gasteiger partial charge in [-0.05, 0) is 30.5 Å². The number of carboxylic acid groups (broad SMARTS) is 1. The van der Waals surface area contributed by atoms with E-state index in [0.29, 0.717) is 12.8 Å². The summed E-state index contributed by atoms with van der Waals surface area (Å²) in [6.45, 7) is 0. The normalized spacial score (nSPS) is 10.6. The first kappa shape index (κ1) is 11.6. The van der Waals surface area contributed by atoms with Crippen LogP contribution in [0.3, 0.4) is 0 Å². The second kappa shape index (κ2) is 5.38. The largest absolute Gasteiger partial charge is 0.477 e. The summed E-state index contributed by atoms with van der Waals surface area (Å²) in [6, 6.07) is 3.05. The molecule has 0 spiro atoms. The second-order valence-corrected chi connectivity index (χ2v) is 3.14. The highest BCUT2D eigenvalue weighted by Crippen LogP contribution is 2.10. The molecule has 0 saturated heterocycles. The number of alkyl halides is 2. The Kier molecular flexibility index (Phi) is 4.15. The lowest BCUT2D eigenvalue weighted by Crippen LogP contribution is -2.01. The molecule has 15 heavy (non-hydrogen) atoms. The van der Waals surface area contributed by atoms with Gasteiger partial charge in [-0.15, -0.1) is 0 Å². The maximum Gasteiger partial charge on any atom is 0.354 e. The molecule has 1 N–H and O–H groups in total. The predicted molar refractivity (Wildman–Crippen MR) is 50.1 cm³/mol. The Hall–Kier alpha value is -1.52. The van der Waals surface area contributed by atoms with E-state index in [1.165, 1.54) is 12.3 Å². The Morgan fingerprint density at radius 1 is 1.53 bits per heavy atom. The van der Waals surface area contributed by atoms with Crippen LogP contribution < -0.4 is 0 Å². The van der Waals surface area contributed by atoms with E-state index in [1.807, 2.05) is 0 Å². The van der Waals surface area contributed by atoms with Crippen molar-refractivity contribution in [1.29, 1.82) is 0 Å². The fourth-order valence-corrected chi connectivity index (χ4v) is 1.21. The van der Waals surface area contributed by atoms with E-state index in [4.69, 9.17) is 5.11 Å². The summed E-state index contributed by atoms with van der Waals surface area (Å²) in [6.07, 6.45) is -0.287. The van der Waals surface area contributed by atoms with Crippen molar-refractivity contribution in [3.8, 4) is 0 Å². The van der Waals surface area contributed by atoms with Crippen molar-refractivity contribution in [2.45, 2.75) is 25.7 Å². The van der Waals surface area contributed by atoms with Crippen LogP contribution in [0.15, 0.2) is 18.3 Å². The summed E-state index contributed by atoms with van der Waals surface area (Å²) in [5, 5.41) is 8.64. The molecule has 0 unspecified atom stereocenters. The highest BCUT2D eigenvalue weighted by atomic mass is 19.3. The summed E-state index contributed by atoms with van der Waals surface area (Å²) < 4.78 is 23.7. The van der Waals surface area contributed by atoms with Crippen molar-refractivity contribution in [2.75, 3.05) is 0 Å². The zero-order valence-electron chi connectivity index (χ0n) is 7.99. The number of aryl methyl sites for hydroxylation is 1. The molecule has 5 heteroatoms. The van der Waals surface area contributed by atoms with E-state index in [9.17, 15) is 13.6 Å². The summed E-state index contributed by atoms with van der Waals surface area (Å²) in [4.78, 5) is 14.2. The van der Waals surface area contributed by atoms with Gasteiger partial charge in [-0.1, -0.05) is 0 Å². The molecule has 0 aliphatic heterocycles. The van der Waals surface area contributed by atoms with Crippen LogP contribution >= 0.6 is 0 Å². The minimum atomic E-state index is -2.30. The zero-order chi connectivity index (χ0) is 11.3. The van der Waals surface area contributed by atoms with Gasteiger partial charge < -0.3 is 5.11 Å². The van der Waals surface area contributed by atoms with Gasteiger partial charge in [0.2, 0.25) is 6.43 Å². The predicted octanol–water partition coefficient (Wildman–Crippen LogP) is 2.37. The molecule has 82 valence electrons. The molecule has 0 saturated carbocycles. The molecule has 1 aromatic heterocycles. The molecule has 1 rings (SSSR count). The van der Waals surface area contributed by atoms with Crippen molar-refractivity contribution < 1.29 is 18.7 Å². The third-order valence-electron chi connectivity index (χ3n) is 1.93. The number of pyridine rings is 1. The van der Waals surface area contributed by atoms with Crippen molar-refractivity contribution >= 4 is 5.97 Å². The Balaban J connectivity index is 2.54. The number of hydrogen-bond acceptors (Lipinski definition) is 2. The third kappa shape index (κ3) is 4.01. The lowest BCUT2D eigenvalue weighted by molar-refractivity contribution is 0.0690. The maximum absolute atomic E-state index is 11.8. The molecule has 3 nitrogen and oxygen atoms in total. The zero-order valence-corrected chi connectivity index (χ0v) is 7.99. The maximum atomic E-state index is 11.8. The van der Waals surface area contributed by atoms with Gasteiger partial charge in [0.05, 0.1) is 0 Å². The smallest absolute Gasteiger partial charge is 0.354 e. The molecule has 0 radical (unpaired) electrons. The topological polar surface area (TPSA) is 50.2 Å². The van der Waals surface area contributed by atoms with Crippen LogP contribution in [0.2, 0.25) is 0 Å². The molecule has 0 amide bonds. The van der Waals surface area contributed by atoms with Crippen LogP contribution in [0.4, 0.5) is 8.78 Å². The highest BCUT2D eigenvalue weighted by molar-refractivity contribution is 5.85. The van der Waals surface area contributed by atoms with Gasteiger partial charge in [-0.25, -0.2) is 18.6 Å². The van der Waals surface area contributed by atoms with Crippen molar-refractivity contribution in [1.82, 2.24) is 4.98 Å². The van der Waals surface area contributed by atoms with Crippen LogP contribution in [-0.4, -0.2) is 22.5 Å². The number of rotatable bonds is 5. The highest BCUT2D eigenvalue weighted by Gasteiger charge is 2.06. The Bertz CT molecular complexity index is 342. The Labute approximate surface area is 85.8 Å². The second-order valence-electron chi connectivity index (χ2n) is 3.14. The molecule has 0 bridgehead atoms. The van der Waals surface area contributed by atoms with Crippen molar-refractivity contribution in [3.05, 3.63) is 29.6 Å². The fourth-order valence-electron chi connectivity index (χ4n) is 1.21. The lowest BCUT2D eigenvalue weighted by Gasteiger charge is -2.01. The minimum Gasteiger partial charge on any atom is -0.477 e. The number of aromatic nitrogens is 1. The molecule has 1 aromatic rings. The van der Waals surface area contributed by atoms with Gasteiger partial charge >= 0.3 is 5.97 Å². The van der Waals surface area contributed by atoms with Gasteiger partial charge in [0.1, 0.15) is 5.69 Å². The van der Waals surface area contributed by atoms with E-state index in [0.717, 1.165) is 5.56 Å². The number of nitrogens with zero attached hydrogens (tertiary/aromatic N) is 1. The van der Waals surface area contributed by atoms with Gasteiger partial charge in [-0.3, -0.25) is 0 Å². The molecule has 1 heterocycles. The van der Waals surface area contributed by atoms with E-state index < -0.39 is 12.4 Å². The first-order valence-electron chi connectivity index (χ1n) is 4.56. The standard InChI is InChI=1S/C10H11F2NO2/c11-9(12)3-1-2-7-4-5-13-8(6-7)10(14)15/h4-6,9H,1-3H2,(H,14,15). The molecular formula is C10H11F2NO2. The van der Waals surface area contributed by atoms with Crippen LogP contribution in [-0.2, 0) is 6.42 Å². The van der Waals surface area contributed by atoms with Crippen LogP contribution in [0.1, 0.15) is 28.9 Å². The quantitative estimate of drug-likeness (QED) is 0.820. The lowest BCUT2D eigenvalue weighted by atomic mass is 10.1. The summed E-state index contributed by atoms with van der Waals surface area (Å²) in [5.74, 6) is -1.11. The van der Waals surface area contributed by atoms with Crippen molar-refractivity contribution in [2.24, 2.45) is 0 Å². The van der Waals surface area contributed by atoms with Gasteiger partial charge in [-0.2, -0.15) is 0 Å². The number of aromatic carboxylic acids is 1. The summed E-state index contributed by atoms with van der Waals surface area (Å²) in [5.41, 5.74) is 0.674.